The molecular weight excluding hydrogens is 170 g/mol. The normalized spacial score (nSPS) is 22.2. The van der Waals surface area contributed by atoms with Crippen molar-refractivity contribution < 1.29 is 0 Å². The van der Waals surface area contributed by atoms with Crippen LogP contribution in [0.1, 0.15) is 17.0 Å². The maximum Gasteiger partial charge on any atom is 0.180 e. The molecule has 0 spiro atoms. The summed E-state index contributed by atoms with van der Waals surface area (Å²) in [7, 11) is 0. The van der Waals surface area contributed by atoms with Gasteiger partial charge in [0, 0.05) is 4.88 Å². The van der Waals surface area contributed by atoms with Gasteiger partial charge in [-0.2, -0.15) is 0 Å². The van der Waals surface area contributed by atoms with Gasteiger partial charge >= 0.3 is 0 Å². The number of hydrogen-bond donors (Lipinski definition) is 2. The number of aryl methyl sites for hydroxylation is 1. The minimum Gasteiger partial charge on any atom is -0.375 e. The smallest absolute Gasteiger partial charge is 0.180 e. The highest BCUT2D eigenvalue weighted by Gasteiger charge is 2.20. The Morgan fingerprint density at radius 2 is 2.42 bits per heavy atom. The Hall–Kier alpha value is -0.610. The molecule has 0 saturated carbocycles. The Morgan fingerprint density at radius 1 is 1.58 bits per heavy atom. The number of aromatic nitrogens is 1. The average Bonchev–Trinajstić information content (AvgIpc) is 2.43. The summed E-state index contributed by atoms with van der Waals surface area (Å²) in [5, 5.41) is 0.706. The molecule has 1 aliphatic rings. The van der Waals surface area contributed by atoms with Gasteiger partial charge in [0.05, 0.1) is 5.69 Å². The Labute approximate surface area is 75.8 Å². The van der Waals surface area contributed by atoms with E-state index < -0.39 is 0 Å². The zero-order valence-corrected chi connectivity index (χ0v) is 7.73. The first kappa shape index (κ1) is 8.01. The number of hydrogen-bond acceptors (Lipinski definition) is 4. The largest absolute Gasteiger partial charge is 0.375 e. The van der Waals surface area contributed by atoms with Crippen LogP contribution < -0.4 is 11.5 Å². The van der Waals surface area contributed by atoms with Crippen LogP contribution in [0, 0.1) is 5.92 Å². The fourth-order valence-corrected chi connectivity index (χ4v) is 2.66. The number of nitrogen functional groups attached to an aromatic ring is 1. The van der Waals surface area contributed by atoms with Gasteiger partial charge < -0.3 is 11.5 Å². The third-order valence-electron chi connectivity index (χ3n) is 2.39. The molecule has 0 fully saturated rings. The molecule has 0 aliphatic heterocycles. The molecule has 1 heterocycles. The summed E-state index contributed by atoms with van der Waals surface area (Å²) in [4.78, 5) is 5.63. The third-order valence-corrected chi connectivity index (χ3v) is 3.34. The summed E-state index contributed by atoms with van der Waals surface area (Å²) in [6.07, 6.45) is 3.32. The highest BCUT2D eigenvalue weighted by atomic mass is 32.1. The van der Waals surface area contributed by atoms with Crippen LogP contribution in [0.5, 0.6) is 0 Å². The van der Waals surface area contributed by atoms with Crippen molar-refractivity contribution in [2.75, 3.05) is 12.3 Å². The van der Waals surface area contributed by atoms with E-state index in [1.54, 1.807) is 11.3 Å². The Bertz CT molecular complexity index is 282. The van der Waals surface area contributed by atoms with E-state index >= 15 is 0 Å². The quantitative estimate of drug-likeness (QED) is 0.676. The Morgan fingerprint density at radius 3 is 3.17 bits per heavy atom. The van der Waals surface area contributed by atoms with E-state index in [-0.39, 0.29) is 0 Å². The van der Waals surface area contributed by atoms with Gasteiger partial charge in [-0.15, -0.1) is 11.3 Å². The monoisotopic (exact) mass is 183 g/mol. The van der Waals surface area contributed by atoms with E-state index in [1.807, 2.05) is 0 Å². The van der Waals surface area contributed by atoms with Crippen LogP contribution in [0.25, 0.3) is 0 Å². The lowest BCUT2D eigenvalue weighted by atomic mass is 9.91. The fourth-order valence-electron chi connectivity index (χ4n) is 1.66. The van der Waals surface area contributed by atoms with Crippen LogP contribution in [-0.4, -0.2) is 11.5 Å². The van der Waals surface area contributed by atoms with E-state index in [4.69, 9.17) is 11.5 Å². The highest BCUT2D eigenvalue weighted by Crippen LogP contribution is 2.30. The van der Waals surface area contributed by atoms with Crippen LogP contribution in [0.2, 0.25) is 0 Å². The lowest BCUT2D eigenvalue weighted by molar-refractivity contribution is 0.470. The van der Waals surface area contributed by atoms with E-state index in [9.17, 15) is 0 Å². The topological polar surface area (TPSA) is 64.9 Å². The number of nitrogens with zero attached hydrogens (tertiary/aromatic N) is 1. The van der Waals surface area contributed by atoms with Gasteiger partial charge in [-0.05, 0) is 31.7 Å². The van der Waals surface area contributed by atoms with E-state index in [2.05, 4.69) is 4.98 Å². The Balaban J connectivity index is 2.22. The molecule has 3 nitrogen and oxygen atoms in total. The van der Waals surface area contributed by atoms with Crippen molar-refractivity contribution in [1.82, 2.24) is 4.98 Å². The predicted molar refractivity (Wildman–Crippen MR) is 51.1 cm³/mol. The second kappa shape index (κ2) is 3.03. The van der Waals surface area contributed by atoms with E-state index in [1.165, 1.54) is 17.0 Å². The molecule has 0 radical (unpaired) electrons. The van der Waals surface area contributed by atoms with E-state index in [0.29, 0.717) is 11.0 Å². The molecule has 0 amide bonds. The summed E-state index contributed by atoms with van der Waals surface area (Å²) >= 11 is 1.62. The van der Waals surface area contributed by atoms with Crippen molar-refractivity contribution >= 4 is 16.5 Å². The first-order valence-electron chi connectivity index (χ1n) is 4.23. The van der Waals surface area contributed by atoms with Crippen molar-refractivity contribution in [3.05, 3.63) is 10.6 Å². The van der Waals surface area contributed by atoms with Crippen LogP contribution in [-0.2, 0) is 12.8 Å². The fraction of sp³-hybridized carbons (Fsp3) is 0.625. The van der Waals surface area contributed by atoms with Gasteiger partial charge in [0.15, 0.2) is 5.13 Å². The van der Waals surface area contributed by atoms with Gasteiger partial charge in [0.1, 0.15) is 0 Å². The van der Waals surface area contributed by atoms with Gasteiger partial charge in [-0.1, -0.05) is 0 Å². The zero-order chi connectivity index (χ0) is 8.55. The second-order valence-corrected chi connectivity index (χ2v) is 4.38. The molecule has 4 N–H and O–H groups in total. The predicted octanol–water partition coefficient (Wildman–Crippen LogP) is 0.789. The molecular formula is C8H13N3S. The minimum absolute atomic E-state index is 0.650. The number of fused-ring (bicyclic) bond motifs is 1. The number of thiazole rings is 1. The lowest BCUT2D eigenvalue weighted by Crippen LogP contribution is -2.21. The van der Waals surface area contributed by atoms with Crippen molar-refractivity contribution in [3.8, 4) is 0 Å². The molecule has 4 heteroatoms. The van der Waals surface area contributed by atoms with Gasteiger partial charge in [-0.25, -0.2) is 4.98 Å². The van der Waals surface area contributed by atoms with Crippen LogP contribution in [0.15, 0.2) is 0 Å². The average molecular weight is 183 g/mol. The maximum absolute atomic E-state index is 5.62. The van der Waals surface area contributed by atoms with Crippen molar-refractivity contribution in [3.63, 3.8) is 0 Å². The maximum atomic E-state index is 5.62. The number of rotatable bonds is 1. The molecule has 1 aromatic rings. The summed E-state index contributed by atoms with van der Waals surface area (Å²) in [6.45, 7) is 0.789. The molecule has 0 unspecified atom stereocenters. The summed E-state index contributed by atoms with van der Waals surface area (Å²) in [6, 6.07) is 0. The minimum atomic E-state index is 0.650. The first-order valence-corrected chi connectivity index (χ1v) is 5.05. The van der Waals surface area contributed by atoms with Gasteiger partial charge in [0.25, 0.3) is 0 Å². The summed E-state index contributed by atoms with van der Waals surface area (Å²) in [5.41, 5.74) is 12.5. The SMILES string of the molecule is NC[C@@H]1CCc2nc(N)sc2C1. The molecule has 0 aromatic carbocycles. The molecule has 1 aliphatic carbocycles. The molecule has 1 atom stereocenters. The van der Waals surface area contributed by atoms with Crippen molar-refractivity contribution in [2.24, 2.45) is 11.7 Å². The first-order chi connectivity index (χ1) is 5.79. The molecule has 12 heavy (non-hydrogen) atoms. The van der Waals surface area contributed by atoms with Gasteiger partial charge in [0.2, 0.25) is 0 Å². The van der Waals surface area contributed by atoms with Crippen LogP contribution >= 0.6 is 11.3 Å². The summed E-state index contributed by atoms with van der Waals surface area (Å²) in [5.74, 6) is 0.650. The second-order valence-electron chi connectivity index (χ2n) is 3.27. The van der Waals surface area contributed by atoms with Crippen molar-refractivity contribution in [2.45, 2.75) is 19.3 Å². The molecule has 0 bridgehead atoms. The molecule has 0 saturated heterocycles. The Kier molecular flexibility index (Phi) is 2.02. The lowest BCUT2D eigenvalue weighted by Gasteiger charge is -2.18. The summed E-state index contributed by atoms with van der Waals surface area (Å²) < 4.78 is 0. The number of anilines is 1. The molecule has 1 aromatic heterocycles. The molecule has 66 valence electrons. The standard InChI is InChI=1S/C8H13N3S/c9-4-5-1-2-6-7(3-5)12-8(10)11-6/h5H,1-4,9H2,(H2,10,11)/t5-/m1/s1. The van der Waals surface area contributed by atoms with E-state index in [0.717, 1.165) is 19.4 Å². The van der Waals surface area contributed by atoms with Crippen LogP contribution in [0.3, 0.4) is 0 Å². The van der Waals surface area contributed by atoms with Gasteiger partial charge in [-0.3, -0.25) is 0 Å². The zero-order valence-electron chi connectivity index (χ0n) is 6.92. The number of nitrogens with two attached hydrogens (primary N) is 2. The highest BCUT2D eigenvalue weighted by molar-refractivity contribution is 7.15. The third kappa shape index (κ3) is 1.32. The van der Waals surface area contributed by atoms with Crippen LogP contribution in [0.4, 0.5) is 5.13 Å². The molecule has 2 rings (SSSR count). The van der Waals surface area contributed by atoms with Crippen molar-refractivity contribution in [1.29, 1.82) is 0 Å².